The molecule has 0 aromatic heterocycles. The average molecular weight is 348 g/mol. The SMILES string of the molecule is CCCNC(=O)C(C)NC(C)c1ccc(Br)cc1Cl. The van der Waals surface area contributed by atoms with E-state index in [0.29, 0.717) is 11.6 Å². The lowest BCUT2D eigenvalue weighted by Gasteiger charge is -2.21. The number of halogens is 2. The lowest BCUT2D eigenvalue weighted by molar-refractivity contribution is -0.122. The van der Waals surface area contributed by atoms with Gasteiger partial charge in [0.05, 0.1) is 6.04 Å². The van der Waals surface area contributed by atoms with Gasteiger partial charge in [0, 0.05) is 22.1 Å². The number of carbonyl (C=O) groups excluding carboxylic acids is 1. The second-order valence-electron chi connectivity index (χ2n) is 4.57. The van der Waals surface area contributed by atoms with Gasteiger partial charge >= 0.3 is 0 Å². The summed E-state index contributed by atoms with van der Waals surface area (Å²) in [5.41, 5.74) is 0.986. The van der Waals surface area contributed by atoms with E-state index in [9.17, 15) is 4.79 Å². The zero-order chi connectivity index (χ0) is 14.4. The summed E-state index contributed by atoms with van der Waals surface area (Å²) in [4.78, 5) is 11.8. The van der Waals surface area contributed by atoms with E-state index in [4.69, 9.17) is 11.6 Å². The molecule has 2 unspecified atom stereocenters. The predicted octanol–water partition coefficient (Wildman–Crippen LogP) is 3.67. The molecule has 0 bridgehead atoms. The van der Waals surface area contributed by atoms with E-state index in [-0.39, 0.29) is 18.0 Å². The molecule has 0 aliphatic heterocycles. The number of hydrogen-bond acceptors (Lipinski definition) is 2. The van der Waals surface area contributed by atoms with E-state index in [0.717, 1.165) is 16.5 Å². The Morgan fingerprint density at radius 3 is 2.68 bits per heavy atom. The van der Waals surface area contributed by atoms with Crippen molar-refractivity contribution in [3.05, 3.63) is 33.3 Å². The second-order valence-corrected chi connectivity index (χ2v) is 5.89. The molecule has 1 rings (SSSR count). The van der Waals surface area contributed by atoms with Gasteiger partial charge in [0.25, 0.3) is 0 Å². The summed E-state index contributed by atoms with van der Waals surface area (Å²) in [6.07, 6.45) is 0.937. The van der Waals surface area contributed by atoms with E-state index in [1.165, 1.54) is 0 Å². The maximum absolute atomic E-state index is 11.8. The topological polar surface area (TPSA) is 41.1 Å². The molecule has 0 spiro atoms. The molecule has 19 heavy (non-hydrogen) atoms. The first-order chi connectivity index (χ1) is 8.95. The quantitative estimate of drug-likeness (QED) is 0.824. The first kappa shape index (κ1) is 16.5. The van der Waals surface area contributed by atoms with E-state index in [1.54, 1.807) is 0 Å². The first-order valence-corrected chi connectivity index (χ1v) is 7.61. The molecule has 0 aliphatic carbocycles. The van der Waals surface area contributed by atoms with Crippen LogP contribution in [0.2, 0.25) is 5.02 Å². The highest BCUT2D eigenvalue weighted by Gasteiger charge is 2.17. The molecule has 0 radical (unpaired) electrons. The van der Waals surface area contributed by atoms with Crippen molar-refractivity contribution in [2.75, 3.05) is 6.54 Å². The Morgan fingerprint density at radius 1 is 1.42 bits per heavy atom. The van der Waals surface area contributed by atoms with Gasteiger partial charge in [-0.15, -0.1) is 0 Å². The fraction of sp³-hybridized carbons (Fsp3) is 0.500. The van der Waals surface area contributed by atoms with Crippen LogP contribution in [0.15, 0.2) is 22.7 Å². The van der Waals surface area contributed by atoms with Gasteiger partial charge in [-0.05, 0) is 38.0 Å². The third-order valence-corrected chi connectivity index (χ3v) is 3.69. The van der Waals surface area contributed by atoms with Gasteiger partial charge in [-0.25, -0.2) is 0 Å². The van der Waals surface area contributed by atoms with E-state index in [1.807, 2.05) is 39.0 Å². The molecule has 0 heterocycles. The van der Waals surface area contributed by atoms with Crippen molar-refractivity contribution in [2.45, 2.75) is 39.3 Å². The maximum Gasteiger partial charge on any atom is 0.236 e. The summed E-state index contributed by atoms with van der Waals surface area (Å²) in [7, 11) is 0. The van der Waals surface area contributed by atoms with Crippen LogP contribution in [-0.4, -0.2) is 18.5 Å². The normalized spacial score (nSPS) is 13.9. The van der Waals surface area contributed by atoms with Crippen LogP contribution in [0.4, 0.5) is 0 Å². The van der Waals surface area contributed by atoms with Crippen molar-refractivity contribution in [3.8, 4) is 0 Å². The van der Waals surface area contributed by atoms with Crippen LogP contribution < -0.4 is 10.6 Å². The van der Waals surface area contributed by atoms with Gasteiger partial charge in [-0.3, -0.25) is 10.1 Å². The molecule has 0 aliphatic rings. The molecule has 1 aromatic carbocycles. The van der Waals surface area contributed by atoms with Crippen LogP contribution in [0, 0.1) is 0 Å². The summed E-state index contributed by atoms with van der Waals surface area (Å²) >= 11 is 9.58. The van der Waals surface area contributed by atoms with E-state index < -0.39 is 0 Å². The molecule has 1 aromatic rings. The van der Waals surface area contributed by atoms with Crippen molar-refractivity contribution in [2.24, 2.45) is 0 Å². The molecule has 5 heteroatoms. The lowest BCUT2D eigenvalue weighted by atomic mass is 10.1. The summed E-state index contributed by atoms with van der Waals surface area (Å²) in [5, 5.41) is 6.81. The maximum atomic E-state index is 11.8. The number of benzene rings is 1. The number of nitrogens with one attached hydrogen (secondary N) is 2. The fourth-order valence-electron chi connectivity index (χ4n) is 1.79. The predicted molar refractivity (Wildman–Crippen MR) is 83.5 cm³/mol. The Bertz CT molecular complexity index is 439. The minimum absolute atomic E-state index is 0.0157. The lowest BCUT2D eigenvalue weighted by Crippen LogP contribution is -2.43. The van der Waals surface area contributed by atoms with Crippen LogP contribution in [0.5, 0.6) is 0 Å². The smallest absolute Gasteiger partial charge is 0.236 e. The summed E-state index contributed by atoms with van der Waals surface area (Å²) in [6.45, 7) is 6.59. The Balaban J connectivity index is 2.63. The highest BCUT2D eigenvalue weighted by atomic mass is 79.9. The Morgan fingerprint density at radius 2 is 2.11 bits per heavy atom. The van der Waals surface area contributed by atoms with Gasteiger partial charge in [-0.2, -0.15) is 0 Å². The molecular weight excluding hydrogens is 328 g/mol. The molecule has 0 fully saturated rings. The van der Waals surface area contributed by atoms with Crippen LogP contribution >= 0.6 is 27.5 Å². The molecule has 2 atom stereocenters. The van der Waals surface area contributed by atoms with Crippen molar-refractivity contribution in [1.82, 2.24) is 10.6 Å². The van der Waals surface area contributed by atoms with Gasteiger partial charge in [0.1, 0.15) is 0 Å². The number of rotatable bonds is 6. The minimum Gasteiger partial charge on any atom is -0.355 e. The third kappa shape index (κ3) is 5.13. The van der Waals surface area contributed by atoms with Crippen molar-refractivity contribution in [1.29, 1.82) is 0 Å². The Kier molecular flexibility index (Phi) is 6.83. The van der Waals surface area contributed by atoms with Crippen molar-refractivity contribution >= 4 is 33.4 Å². The molecule has 1 amide bonds. The number of carbonyl (C=O) groups is 1. The Hall–Kier alpha value is -0.580. The van der Waals surface area contributed by atoms with Crippen molar-refractivity contribution in [3.63, 3.8) is 0 Å². The van der Waals surface area contributed by atoms with Crippen LogP contribution in [0.1, 0.15) is 38.8 Å². The number of hydrogen-bond donors (Lipinski definition) is 2. The molecule has 106 valence electrons. The van der Waals surface area contributed by atoms with E-state index in [2.05, 4.69) is 26.6 Å². The summed E-state index contributed by atoms with van der Waals surface area (Å²) < 4.78 is 0.946. The molecule has 3 nitrogen and oxygen atoms in total. The first-order valence-electron chi connectivity index (χ1n) is 6.44. The number of amides is 1. The van der Waals surface area contributed by atoms with Gasteiger partial charge < -0.3 is 5.32 Å². The zero-order valence-corrected chi connectivity index (χ0v) is 13.8. The van der Waals surface area contributed by atoms with Gasteiger partial charge in [0.15, 0.2) is 0 Å². The average Bonchev–Trinajstić information content (AvgIpc) is 2.35. The van der Waals surface area contributed by atoms with Crippen LogP contribution in [-0.2, 0) is 4.79 Å². The molecule has 0 saturated heterocycles. The van der Waals surface area contributed by atoms with Gasteiger partial charge in [0.2, 0.25) is 5.91 Å². The standard InChI is InChI=1S/C14H20BrClN2O/c1-4-7-17-14(19)10(3)18-9(2)12-6-5-11(15)8-13(12)16/h5-6,8-10,18H,4,7H2,1-3H3,(H,17,19). The van der Waals surface area contributed by atoms with Crippen molar-refractivity contribution < 1.29 is 4.79 Å². The molecule has 2 N–H and O–H groups in total. The van der Waals surface area contributed by atoms with Gasteiger partial charge in [-0.1, -0.05) is 40.5 Å². The van der Waals surface area contributed by atoms with Crippen LogP contribution in [0.25, 0.3) is 0 Å². The zero-order valence-electron chi connectivity index (χ0n) is 11.5. The largest absolute Gasteiger partial charge is 0.355 e. The second kappa shape index (κ2) is 7.88. The fourth-order valence-corrected chi connectivity index (χ4v) is 2.63. The minimum atomic E-state index is -0.249. The highest BCUT2D eigenvalue weighted by molar-refractivity contribution is 9.10. The monoisotopic (exact) mass is 346 g/mol. The Labute approximate surface area is 128 Å². The molecule has 0 saturated carbocycles. The summed E-state index contributed by atoms with van der Waals surface area (Å²) in [6, 6.07) is 5.53. The highest BCUT2D eigenvalue weighted by Crippen LogP contribution is 2.26. The molecular formula is C14H20BrClN2O. The third-order valence-electron chi connectivity index (χ3n) is 2.87. The van der Waals surface area contributed by atoms with E-state index >= 15 is 0 Å². The van der Waals surface area contributed by atoms with Crippen LogP contribution in [0.3, 0.4) is 0 Å². The summed E-state index contributed by atoms with van der Waals surface area (Å²) in [5.74, 6) is 0.0157.